The van der Waals surface area contributed by atoms with Crippen molar-refractivity contribution < 1.29 is 18.0 Å². The number of carbonyl (C=O) groups excluding carboxylic acids is 1. The van der Waals surface area contributed by atoms with Crippen LogP contribution < -0.4 is 5.32 Å². The number of fused-ring (bicyclic) bond motifs is 1. The number of rotatable bonds is 6. The van der Waals surface area contributed by atoms with Crippen LogP contribution in [-0.4, -0.2) is 43.5 Å². The van der Waals surface area contributed by atoms with Crippen LogP contribution in [0.2, 0.25) is 0 Å². The number of amides is 1. The lowest BCUT2D eigenvalue weighted by Crippen LogP contribution is -2.30. The van der Waals surface area contributed by atoms with E-state index in [0.29, 0.717) is 23.5 Å². The molecule has 0 radical (unpaired) electrons. The molecule has 2 aromatic heterocycles. The second kappa shape index (κ2) is 9.46. The fraction of sp³-hybridized carbons (Fsp3) is 0.478. The lowest BCUT2D eigenvalue weighted by atomic mass is 10.0. The van der Waals surface area contributed by atoms with Gasteiger partial charge in [0.2, 0.25) is 5.91 Å². The van der Waals surface area contributed by atoms with Crippen LogP contribution in [0.4, 0.5) is 13.2 Å². The molecule has 10 heteroatoms. The van der Waals surface area contributed by atoms with Crippen LogP contribution >= 0.6 is 0 Å². The fourth-order valence-corrected chi connectivity index (χ4v) is 4.24. The smallest absolute Gasteiger partial charge is 0.352 e. The van der Waals surface area contributed by atoms with E-state index in [1.165, 1.54) is 24.8 Å². The summed E-state index contributed by atoms with van der Waals surface area (Å²) >= 11 is 0. The molecule has 1 fully saturated rings. The third-order valence-electron chi connectivity index (χ3n) is 6.08. The Hall–Kier alpha value is -3.01. The standard InChI is InChI=1S/C23H27F3N6O/c1-15-19(16(2)32-22(28-15)29-21(30-32)23(24,25)26)12-20(33)27-13-17-8-4-5-9-18(17)14-31-10-6-3-7-11-31/h4-5,8-9H,3,6-7,10-14H2,1-2H3,(H,27,33). The van der Waals surface area contributed by atoms with E-state index < -0.39 is 12.0 Å². The van der Waals surface area contributed by atoms with Gasteiger partial charge in [-0.1, -0.05) is 30.7 Å². The first kappa shape index (κ1) is 23.2. The first-order chi connectivity index (χ1) is 15.7. The Labute approximate surface area is 190 Å². The molecule has 0 aliphatic carbocycles. The van der Waals surface area contributed by atoms with Crippen LogP contribution in [0.1, 0.15) is 53.2 Å². The van der Waals surface area contributed by atoms with Crippen LogP contribution in [0.25, 0.3) is 5.78 Å². The maximum absolute atomic E-state index is 13.0. The van der Waals surface area contributed by atoms with Gasteiger partial charge in [0.15, 0.2) is 0 Å². The highest BCUT2D eigenvalue weighted by Crippen LogP contribution is 2.27. The quantitative estimate of drug-likeness (QED) is 0.608. The highest BCUT2D eigenvalue weighted by molar-refractivity contribution is 5.79. The number of nitrogens with zero attached hydrogens (tertiary/aromatic N) is 5. The molecule has 0 unspecified atom stereocenters. The van der Waals surface area contributed by atoms with E-state index in [4.69, 9.17) is 0 Å². The molecule has 3 heterocycles. The van der Waals surface area contributed by atoms with Crippen molar-refractivity contribution in [2.75, 3.05) is 13.1 Å². The van der Waals surface area contributed by atoms with Gasteiger partial charge in [-0.25, -0.2) is 9.50 Å². The van der Waals surface area contributed by atoms with Gasteiger partial charge in [0, 0.05) is 30.0 Å². The Morgan fingerprint density at radius 2 is 1.76 bits per heavy atom. The Kier molecular flexibility index (Phi) is 6.64. The number of nitrogens with one attached hydrogen (secondary N) is 1. The number of aryl methyl sites for hydroxylation is 2. The number of hydrogen-bond donors (Lipinski definition) is 1. The summed E-state index contributed by atoms with van der Waals surface area (Å²) in [7, 11) is 0. The van der Waals surface area contributed by atoms with E-state index in [1.54, 1.807) is 13.8 Å². The molecule has 1 aliphatic rings. The summed E-state index contributed by atoms with van der Waals surface area (Å²) in [5, 5.41) is 6.48. The van der Waals surface area contributed by atoms with Crippen molar-refractivity contribution in [2.24, 2.45) is 0 Å². The molecule has 0 bridgehead atoms. The van der Waals surface area contributed by atoms with E-state index >= 15 is 0 Å². The summed E-state index contributed by atoms with van der Waals surface area (Å²) in [6.45, 7) is 6.70. The minimum absolute atomic E-state index is 0.00386. The third-order valence-corrected chi connectivity index (χ3v) is 6.08. The Morgan fingerprint density at radius 1 is 1.06 bits per heavy atom. The summed E-state index contributed by atoms with van der Waals surface area (Å²) in [6.07, 6.45) is -0.957. The van der Waals surface area contributed by atoms with Crippen LogP contribution in [0.5, 0.6) is 0 Å². The molecule has 1 aliphatic heterocycles. The van der Waals surface area contributed by atoms with Crippen molar-refractivity contribution in [3.63, 3.8) is 0 Å². The number of alkyl halides is 3. The average molecular weight is 461 g/mol. The van der Waals surface area contributed by atoms with Crippen LogP contribution in [-0.2, 0) is 30.5 Å². The first-order valence-corrected chi connectivity index (χ1v) is 11.1. The molecule has 0 atom stereocenters. The second-order valence-electron chi connectivity index (χ2n) is 8.47. The van der Waals surface area contributed by atoms with Gasteiger partial charge in [0.05, 0.1) is 6.42 Å². The second-order valence-corrected chi connectivity index (χ2v) is 8.47. The zero-order valence-corrected chi connectivity index (χ0v) is 18.7. The normalized spacial score (nSPS) is 15.2. The Morgan fingerprint density at radius 3 is 2.45 bits per heavy atom. The van der Waals surface area contributed by atoms with Gasteiger partial charge in [-0.2, -0.15) is 18.2 Å². The van der Waals surface area contributed by atoms with Gasteiger partial charge in [0.25, 0.3) is 11.6 Å². The zero-order chi connectivity index (χ0) is 23.6. The molecule has 3 aromatic rings. The number of benzene rings is 1. The number of piperidine rings is 1. The molecule has 1 N–H and O–H groups in total. The molecule has 1 saturated heterocycles. The summed E-state index contributed by atoms with van der Waals surface area (Å²) in [5.74, 6) is -1.61. The molecule has 1 amide bonds. The highest BCUT2D eigenvalue weighted by Gasteiger charge is 2.37. The molecule has 1 aromatic carbocycles. The van der Waals surface area contributed by atoms with Crippen molar-refractivity contribution in [3.05, 3.63) is 58.2 Å². The minimum atomic E-state index is -4.66. The van der Waals surface area contributed by atoms with Crippen molar-refractivity contribution in [1.29, 1.82) is 0 Å². The lowest BCUT2D eigenvalue weighted by molar-refractivity contribution is -0.144. The van der Waals surface area contributed by atoms with Gasteiger partial charge >= 0.3 is 6.18 Å². The summed E-state index contributed by atoms with van der Waals surface area (Å²) in [4.78, 5) is 22.7. The van der Waals surface area contributed by atoms with Gasteiger partial charge in [0.1, 0.15) is 0 Å². The highest BCUT2D eigenvalue weighted by atomic mass is 19.4. The number of aromatic nitrogens is 4. The van der Waals surface area contributed by atoms with Crippen molar-refractivity contribution in [3.8, 4) is 0 Å². The van der Waals surface area contributed by atoms with E-state index in [2.05, 4.69) is 31.3 Å². The van der Waals surface area contributed by atoms with E-state index in [9.17, 15) is 18.0 Å². The molecule has 7 nitrogen and oxygen atoms in total. The number of halogens is 3. The topological polar surface area (TPSA) is 75.4 Å². The molecule has 0 spiro atoms. The largest absolute Gasteiger partial charge is 0.453 e. The molecular formula is C23H27F3N6O. The third kappa shape index (κ3) is 5.32. The molecular weight excluding hydrogens is 433 g/mol. The maximum Gasteiger partial charge on any atom is 0.453 e. The molecule has 0 saturated carbocycles. The van der Waals surface area contributed by atoms with Crippen LogP contribution in [0, 0.1) is 13.8 Å². The Bertz CT molecular complexity index is 1150. The first-order valence-electron chi connectivity index (χ1n) is 11.1. The van der Waals surface area contributed by atoms with Gasteiger partial charge in [-0.05, 0) is 50.9 Å². The molecule has 176 valence electrons. The monoisotopic (exact) mass is 460 g/mol. The number of hydrogen-bond acceptors (Lipinski definition) is 5. The van der Waals surface area contributed by atoms with Crippen LogP contribution in [0.15, 0.2) is 24.3 Å². The van der Waals surface area contributed by atoms with Crippen molar-refractivity contribution >= 4 is 11.7 Å². The average Bonchev–Trinajstić information content (AvgIpc) is 3.21. The summed E-state index contributed by atoms with van der Waals surface area (Å²) in [6, 6.07) is 8.06. The predicted molar refractivity (Wildman–Crippen MR) is 116 cm³/mol. The Balaban J connectivity index is 1.45. The molecule has 33 heavy (non-hydrogen) atoms. The van der Waals surface area contributed by atoms with Crippen molar-refractivity contribution in [2.45, 2.75) is 58.8 Å². The fourth-order valence-electron chi connectivity index (χ4n) is 4.24. The minimum Gasteiger partial charge on any atom is -0.352 e. The summed E-state index contributed by atoms with van der Waals surface area (Å²) in [5.41, 5.74) is 3.67. The van der Waals surface area contributed by atoms with Crippen LogP contribution in [0.3, 0.4) is 0 Å². The van der Waals surface area contributed by atoms with Gasteiger partial charge in [-0.3, -0.25) is 9.69 Å². The predicted octanol–water partition coefficient (Wildman–Crippen LogP) is 3.60. The molecule has 4 rings (SSSR count). The van der Waals surface area contributed by atoms with Gasteiger partial charge in [-0.15, -0.1) is 5.10 Å². The van der Waals surface area contributed by atoms with Crippen molar-refractivity contribution in [1.82, 2.24) is 29.8 Å². The van der Waals surface area contributed by atoms with Gasteiger partial charge < -0.3 is 5.32 Å². The number of likely N-dealkylation sites (tertiary alicyclic amines) is 1. The zero-order valence-electron chi connectivity index (χ0n) is 18.7. The number of carbonyl (C=O) groups is 1. The SMILES string of the molecule is Cc1nc2nc(C(F)(F)F)nn2c(C)c1CC(=O)NCc1ccccc1CN1CCCCC1. The van der Waals surface area contributed by atoms with E-state index in [0.717, 1.165) is 29.7 Å². The lowest BCUT2D eigenvalue weighted by Gasteiger charge is -2.27. The van der Waals surface area contributed by atoms with E-state index in [-0.39, 0.29) is 18.1 Å². The maximum atomic E-state index is 13.0. The summed E-state index contributed by atoms with van der Waals surface area (Å²) < 4.78 is 40.0. The van der Waals surface area contributed by atoms with E-state index in [1.807, 2.05) is 18.2 Å².